The van der Waals surface area contributed by atoms with Gasteiger partial charge in [-0.3, -0.25) is 4.99 Å². The first-order valence-electron chi connectivity index (χ1n) is 5.54. The molecule has 0 aliphatic carbocycles. The second-order valence-corrected chi connectivity index (χ2v) is 4.32. The summed E-state index contributed by atoms with van der Waals surface area (Å²) in [6.45, 7) is 3.90. The predicted molar refractivity (Wildman–Crippen MR) is 66.6 cm³/mol. The van der Waals surface area contributed by atoms with Crippen LogP contribution in [0.15, 0.2) is 29.3 Å². The molecule has 0 saturated heterocycles. The minimum absolute atomic E-state index is 0.102. The van der Waals surface area contributed by atoms with Crippen molar-refractivity contribution in [3.63, 3.8) is 0 Å². The van der Waals surface area contributed by atoms with E-state index < -0.39 is 12.0 Å². The molecule has 0 unspecified atom stereocenters. The van der Waals surface area contributed by atoms with Crippen LogP contribution < -0.4 is 0 Å². The Morgan fingerprint density at radius 2 is 2.06 bits per heavy atom. The van der Waals surface area contributed by atoms with E-state index in [2.05, 4.69) is 4.99 Å². The van der Waals surface area contributed by atoms with Crippen molar-refractivity contribution in [2.24, 2.45) is 10.9 Å². The average molecular weight is 235 g/mol. The van der Waals surface area contributed by atoms with Gasteiger partial charge in [-0.2, -0.15) is 0 Å². The van der Waals surface area contributed by atoms with Crippen molar-refractivity contribution in [1.82, 2.24) is 0 Å². The van der Waals surface area contributed by atoms with Crippen LogP contribution in [0.3, 0.4) is 0 Å². The normalized spacial score (nSPS) is 13.1. The molecular weight excluding hydrogens is 218 g/mol. The highest BCUT2D eigenvalue weighted by Crippen LogP contribution is 2.14. The van der Waals surface area contributed by atoms with Crippen LogP contribution in [0.5, 0.6) is 5.75 Å². The number of carboxylic acids is 1. The van der Waals surface area contributed by atoms with Crippen molar-refractivity contribution in [1.29, 1.82) is 0 Å². The number of aliphatic carboxylic acids is 1. The minimum Gasteiger partial charge on any atom is -0.507 e. The molecule has 92 valence electrons. The molecule has 0 radical (unpaired) electrons. The highest BCUT2D eigenvalue weighted by Gasteiger charge is 2.16. The fourth-order valence-electron chi connectivity index (χ4n) is 1.44. The highest BCUT2D eigenvalue weighted by molar-refractivity contribution is 5.85. The lowest BCUT2D eigenvalue weighted by Gasteiger charge is -2.09. The predicted octanol–water partition coefficient (Wildman–Crippen LogP) is 2.31. The molecule has 4 nitrogen and oxygen atoms in total. The summed E-state index contributed by atoms with van der Waals surface area (Å²) >= 11 is 0. The molecule has 0 amide bonds. The molecule has 0 aliphatic rings. The van der Waals surface area contributed by atoms with Crippen LogP contribution in [0.4, 0.5) is 0 Å². The van der Waals surface area contributed by atoms with E-state index in [1.165, 1.54) is 6.21 Å². The maximum atomic E-state index is 11.0. The van der Waals surface area contributed by atoms with E-state index in [0.717, 1.165) is 0 Å². The third kappa shape index (κ3) is 4.26. The van der Waals surface area contributed by atoms with Gasteiger partial charge in [-0.25, -0.2) is 4.79 Å². The summed E-state index contributed by atoms with van der Waals surface area (Å²) in [5.41, 5.74) is 0.530. The maximum Gasteiger partial charge on any atom is 0.328 e. The number of carbonyl (C=O) groups is 1. The van der Waals surface area contributed by atoms with Gasteiger partial charge < -0.3 is 10.2 Å². The van der Waals surface area contributed by atoms with E-state index in [0.29, 0.717) is 12.0 Å². The van der Waals surface area contributed by atoms with Crippen molar-refractivity contribution in [3.05, 3.63) is 29.8 Å². The van der Waals surface area contributed by atoms with Gasteiger partial charge in [0.25, 0.3) is 0 Å². The van der Waals surface area contributed by atoms with Crippen LogP contribution >= 0.6 is 0 Å². The van der Waals surface area contributed by atoms with Crippen molar-refractivity contribution in [3.8, 4) is 5.75 Å². The van der Waals surface area contributed by atoms with Gasteiger partial charge in [0.05, 0.1) is 0 Å². The van der Waals surface area contributed by atoms with Crippen molar-refractivity contribution in [2.45, 2.75) is 26.3 Å². The van der Waals surface area contributed by atoms with Gasteiger partial charge in [-0.15, -0.1) is 0 Å². The highest BCUT2D eigenvalue weighted by atomic mass is 16.4. The van der Waals surface area contributed by atoms with Crippen LogP contribution in [0.1, 0.15) is 25.8 Å². The fourth-order valence-corrected chi connectivity index (χ4v) is 1.44. The van der Waals surface area contributed by atoms with Crippen molar-refractivity contribution >= 4 is 12.2 Å². The molecular formula is C13H17NO3. The first kappa shape index (κ1) is 13.2. The standard InChI is InChI=1S/C13H17NO3/c1-9(2)7-11(13(16)17)14-8-10-5-3-4-6-12(10)15/h3-6,8-9,11,15H,7H2,1-2H3,(H,16,17)/t11-/m0/s1. The summed E-state index contributed by atoms with van der Waals surface area (Å²) in [6, 6.07) is 5.94. The van der Waals surface area contributed by atoms with E-state index >= 15 is 0 Å². The first-order valence-corrected chi connectivity index (χ1v) is 5.54. The van der Waals surface area contributed by atoms with E-state index in [-0.39, 0.29) is 11.7 Å². The van der Waals surface area contributed by atoms with Gasteiger partial charge in [-0.05, 0) is 24.5 Å². The number of nitrogens with zero attached hydrogens (tertiary/aromatic N) is 1. The van der Waals surface area contributed by atoms with Crippen LogP contribution in [0, 0.1) is 5.92 Å². The summed E-state index contributed by atoms with van der Waals surface area (Å²) in [7, 11) is 0. The molecule has 1 aromatic rings. The molecule has 1 rings (SSSR count). The Kier molecular flexibility index (Phi) is 4.69. The number of hydrogen-bond donors (Lipinski definition) is 2. The lowest BCUT2D eigenvalue weighted by Crippen LogP contribution is -2.20. The summed E-state index contributed by atoms with van der Waals surface area (Å²) in [5.74, 6) is -0.576. The van der Waals surface area contributed by atoms with Crippen LogP contribution in [0.25, 0.3) is 0 Å². The third-order valence-electron chi connectivity index (χ3n) is 2.31. The number of carboxylic acid groups (broad SMARTS) is 1. The van der Waals surface area contributed by atoms with E-state index in [1.807, 2.05) is 13.8 Å². The zero-order valence-corrected chi connectivity index (χ0v) is 10.00. The van der Waals surface area contributed by atoms with Gasteiger partial charge in [0.1, 0.15) is 11.8 Å². The first-order chi connectivity index (χ1) is 8.00. The summed E-state index contributed by atoms with van der Waals surface area (Å²) in [6.07, 6.45) is 1.90. The van der Waals surface area contributed by atoms with Gasteiger partial charge >= 0.3 is 5.97 Å². The third-order valence-corrected chi connectivity index (χ3v) is 2.31. The second-order valence-electron chi connectivity index (χ2n) is 4.32. The van der Waals surface area contributed by atoms with Gasteiger partial charge in [0, 0.05) is 11.8 Å². The molecule has 4 heteroatoms. The Morgan fingerprint density at radius 3 is 2.59 bits per heavy atom. The molecule has 0 saturated carbocycles. The molecule has 0 bridgehead atoms. The number of para-hydroxylation sites is 1. The van der Waals surface area contributed by atoms with Crippen LogP contribution in [-0.2, 0) is 4.79 Å². The molecule has 0 spiro atoms. The van der Waals surface area contributed by atoms with E-state index in [9.17, 15) is 9.90 Å². The summed E-state index contributed by atoms with van der Waals surface area (Å²) < 4.78 is 0. The van der Waals surface area contributed by atoms with Crippen LogP contribution in [-0.4, -0.2) is 28.4 Å². The van der Waals surface area contributed by atoms with Gasteiger partial charge in [0.15, 0.2) is 0 Å². The maximum absolute atomic E-state index is 11.0. The molecule has 17 heavy (non-hydrogen) atoms. The smallest absolute Gasteiger partial charge is 0.328 e. The van der Waals surface area contributed by atoms with E-state index in [1.54, 1.807) is 24.3 Å². The molecule has 0 fully saturated rings. The molecule has 1 aromatic carbocycles. The fraction of sp³-hybridized carbons (Fsp3) is 0.385. The Balaban J connectivity index is 2.80. The van der Waals surface area contributed by atoms with Crippen molar-refractivity contribution in [2.75, 3.05) is 0 Å². The Hall–Kier alpha value is -1.84. The summed E-state index contributed by atoms with van der Waals surface area (Å²) in [4.78, 5) is 15.0. The second kappa shape index (κ2) is 6.03. The number of hydrogen-bond acceptors (Lipinski definition) is 3. The minimum atomic E-state index is -0.939. The molecule has 0 aliphatic heterocycles. The van der Waals surface area contributed by atoms with Crippen LogP contribution in [0.2, 0.25) is 0 Å². The number of benzene rings is 1. The Morgan fingerprint density at radius 1 is 1.41 bits per heavy atom. The number of rotatable bonds is 5. The number of phenolic OH excluding ortho intramolecular Hbond substituents is 1. The lowest BCUT2D eigenvalue weighted by molar-refractivity contribution is -0.138. The van der Waals surface area contributed by atoms with Crippen molar-refractivity contribution < 1.29 is 15.0 Å². The lowest BCUT2D eigenvalue weighted by atomic mass is 10.0. The monoisotopic (exact) mass is 235 g/mol. The molecule has 1 atom stereocenters. The Bertz CT molecular complexity index is 413. The average Bonchev–Trinajstić information content (AvgIpc) is 2.25. The SMILES string of the molecule is CC(C)C[C@H](N=Cc1ccccc1O)C(=O)O. The zero-order chi connectivity index (χ0) is 12.8. The van der Waals surface area contributed by atoms with E-state index in [4.69, 9.17) is 5.11 Å². The quantitative estimate of drug-likeness (QED) is 0.769. The number of aliphatic imine (C=N–C) groups is 1. The number of phenols is 1. The summed E-state index contributed by atoms with van der Waals surface area (Å²) in [5, 5.41) is 18.5. The topological polar surface area (TPSA) is 69.9 Å². The molecule has 2 N–H and O–H groups in total. The Labute approximate surface area is 101 Å². The largest absolute Gasteiger partial charge is 0.507 e. The molecule has 0 aromatic heterocycles. The zero-order valence-electron chi connectivity index (χ0n) is 10.00. The molecule has 0 heterocycles. The van der Waals surface area contributed by atoms with Gasteiger partial charge in [0.2, 0.25) is 0 Å². The number of aromatic hydroxyl groups is 1. The van der Waals surface area contributed by atoms with Gasteiger partial charge in [-0.1, -0.05) is 26.0 Å².